The Labute approximate surface area is 286 Å². The van der Waals surface area contributed by atoms with Crippen LogP contribution >= 0.6 is 11.6 Å². The van der Waals surface area contributed by atoms with Crippen LogP contribution in [0.1, 0.15) is 75.2 Å². The lowest BCUT2D eigenvalue weighted by Crippen LogP contribution is -2.74. The molecule has 3 aromatic rings. The maximum Gasteiger partial charge on any atom is 0.308 e. The van der Waals surface area contributed by atoms with E-state index in [1.807, 2.05) is 42.8 Å². The normalized spacial score (nSPS) is 22.6. The first-order chi connectivity index (χ1) is 22.9. The molecule has 9 nitrogen and oxygen atoms in total. The van der Waals surface area contributed by atoms with E-state index in [-0.39, 0.29) is 51.9 Å². The molecule has 1 amide bonds. The number of fused-ring (bicyclic) bond motifs is 1. The van der Waals surface area contributed by atoms with E-state index in [0.29, 0.717) is 64.0 Å². The van der Waals surface area contributed by atoms with Gasteiger partial charge in [-0.25, -0.2) is 4.39 Å². The second-order valence-corrected chi connectivity index (χ2v) is 14.7. The third kappa shape index (κ3) is 6.77. The number of aromatic nitrogens is 1. The third-order valence-electron chi connectivity index (χ3n) is 10.1. The number of ketones is 1. The summed E-state index contributed by atoms with van der Waals surface area (Å²) in [5.41, 5.74) is 1.63. The van der Waals surface area contributed by atoms with Crippen molar-refractivity contribution in [3.63, 3.8) is 0 Å². The summed E-state index contributed by atoms with van der Waals surface area (Å²) in [4.78, 5) is 44.6. The highest BCUT2D eigenvalue weighted by Gasteiger charge is 2.57. The number of benzene rings is 2. The van der Waals surface area contributed by atoms with Crippen LogP contribution in [0.15, 0.2) is 42.6 Å². The zero-order valence-corrected chi connectivity index (χ0v) is 29.1. The van der Waals surface area contributed by atoms with E-state index in [1.165, 1.54) is 12.1 Å². The van der Waals surface area contributed by atoms with Gasteiger partial charge in [-0.1, -0.05) is 43.6 Å². The highest BCUT2D eigenvalue weighted by Crippen LogP contribution is 2.43. The third-order valence-corrected chi connectivity index (χ3v) is 10.4. The van der Waals surface area contributed by atoms with Crippen molar-refractivity contribution in [3.05, 3.63) is 64.6 Å². The fourth-order valence-corrected chi connectivity index (χ4v) is 7.95. The van der Waals surface area contributed by atoms with Crippen molar-refractivity contribution >= 4 is 45.9 Å². The number of esters is 1. The van der Waals surface area contributed by atoms with Gasteiger partial charge in [0.2, 0.25) is 5.85 Å². The van der Waals surface area contributed by atoms with Gasteiger partial charge in [0.25, 0.3) is 5.91 Å². The number of halogens is 2. The zero-order valence-electron chi connectivity index (χ0n) is 28.3. The van der Waals surface area contributed by atoms with Gasteiger partial charge in [-0.2, -0.15) is 0 Å². The molecule has 1 unspecified atom stereocenters. The largest absolute Gasteiger partial charge is 0.466 e. The molecule has 2 aliphatic heterocycles. The molecule has 6 rings (SSSR count). The van der Waals surface area contributed by atoms with Gasteiger partial charge in [-0.05, 0) is 74.6 Å². The molecule has 1 saturated carbocycles. The number of likely N-dealkylation sites (tertiary alicyclic amines) is 2. The summed E-state index contributed by atoms with van der Waals surface area (Å²) < 4.78 is 29.9. The molecular formula is C37H46ClFN4O5. The van der Waals surface area contributed by atoms with Gasteiger partial charge in [0.05, 0.1) is 34.9 Å². The Balaban J connectivity index is 1.24. The molecule has 3 aliphatic rings. The number of anilines is 1. The molecule has 2 aromatic carbocycles. The number of nitrogens with zero attached hydrogens (tertiary/aromatic N) is 3. The number of hydrogen-bond donors (Lipinski definition) is 1. The Morgan fingerprint density at radius 1 is 1.04 bits per heavy atom. The smallest absolute Gasteiger partial charge is 0.308 e. The minimum absolute atomic E-state index is 0.00861. The van der Waals surface area contributed by atoms with Crippen LogP contribution in [0.2, 0.25) is 5.02 Å². The molecule has 1 aromatic heterocycles. The fraction of sp³-hybridized carbons (Fsp3) is 0.541. The van der Waals surface area contributed by atoms with Gasteiger partial charge < -0.3 is 19.4 Å². The van der Waals surface area contributed by atoms with Crippen molar-refractivity contribution in [2.24, 2.45) is 18.4 Å². The Morgan fingerprint density at radius 3 is 2.40 bits per heavy atom. The van der Waals surface area contributed by atoms with Crippen LogP contribution in [0.25, 0.3) is 10.9 Å². The lowest BCUT2D eigenvalue weighted by Gasteiger charge is -2.58. The van der Waals surface area contributed by atoms with Crippen molar-refractivity contribution < 1.29 is 28.2 Å². The minimum Gasteiger partial charge on any atom is -0.466 e. The number of carbonyl (C=O) groups excluding carboxylic acids is 3. The molecular weight excluding hydrogens is 635 g/mol. The molecule has 258 valence electrons. The SMILES string of the molecule is CCOC(=O)C1CCC(OC(C(=O)Cc2cc(Cl)c(NC(=O)c3cn(C)c4ccccc34)cc2F)(N2CCCC2)N2CC(C)(C)C2)CC1. The van der Waals surface area contributed by atoms with E-state index in [4.69, 9.17) is 21.1 Å². The molecule has 3 heterocycles. The maximum absolute atomic E-state index is 15.8. The van der Waals surface area contributed by atoms with Crippen LogP contribution in [0.3, 0.4) is 0 Å². The molecule has 3 fully saturated rings. The molecule has 2 saturated heterocycles. The Bertz CT molecular complexity index is 1690. The fourth-order valence-electron chi connectivity index (χ4n) is 7.72. The molecule has 11 heteroatoms. The van der Waals surface area contributed by atoms with Crippen LogP contribution in [0.5, 0.6) is 0 Å². The van der Waals surface area contributed by atoms with E-state index >= 15 is 4.39 Å². The van der Waals surface area contributed by atoms with E-state index < -0.39 is 17.6 Å². The van der Waals surface area contributed by atoms with Crippen molar-refractivity contribution in [1.29, 1.82) is 0 Å². The van der Waals surface area contributed by atoms with Crippen LogP contribution in [0, 0.1) is 17.2 Å². The summed E-state index contributed by atoms with van der Waals surface area (Å²) in [5.74, 6) is -2.97. The summed E-state index contributed by atoms with van der Waals surface area (Å²) in [5, 5.41) is 3.68. The second-order valence-electron chi connectivity index (χ2n) is 14.3. The van der Waals surface area contributed by atoms with E-state index in [0.717, 1.165) is 23.7 Å². The van der Waals surface area contributed by atoms with E-state index in [1.54, 1.807) is 6.20 Å². The Kier molecular flexibility index (Phi) is 10.0. The predicted octanol–water partition coefficient (Wildman–Crippen LogP) is 6.56. The topological polar surface area (TPSA) is 93.1 Å². The van der Waals surface area contributed by atoms with Crippen molar-refractivity contribution in [3.8, 4) is 0 Å². The average molecular weight is 681 g/mol. The lowest BCUT2D eigenvalue weighted by molar-refractivity contribution is -0.284. The number of para-hydroxylation sites is 1. The summed E-state index contributed by atoms with van der Waals surface area (Å²) >= 11 is 6.65. The molecule has 0 spiro atoms. The van der Waals surface area contributed by atoms with Gasteiger partial charge in [0.15, 0.2) is 5.78 Å². The van der Waals surface area contributed by atoms with Crippen molar-refractivity contribution in [2.75, 3.05) is 38.1 Å². The number of hydrogen-bond acceptors (Lipinski definition) is 7. The number of aryl methyl sites for hydroxylation is 1. The molecule has 1 atom stereocenters. The van der Waals surface area contributed by atoms with Gasteiger partial charge in [0, 0.05) is 56.7 Å². The van der Waals surface area contributed by atoms with E-state index in [9.17, 15) is 14.4 Å². The summed E-state index contributed by atoms with van der Waals surface area (Å²) in [6.45, 7) is 9.21. The number of rotatable bonds is 11. The van der Waals surface area contributed by atoms with Gasteiger partial charge >= 0.3 is 5.97 Å². The molecule has 48 heavy (non-hydrogen) atoms. The Morgan fingerprint density at radius 2 is 1.73 bits per heavy atom. The number of carbonyl (C=O) groups is 3. The maximum atomic E-state index is 15.8. The number of ether oxygens (including phenoxy) is 2. The van der Waals surface area contributed by atoms with Crippen molar-refractivity contribution in [1.82, 2.24) is 14.4 Å². The monoisotopic (exact) mass is 680 g/mol. The van der Waals surface area contributed by atoms with Crippen LogP contribution in [0.4, 0.5) is 10.1 Å². The molecule has 1 aliphatic carbocycles. The number of nitrogens with one attached hydrogen (secondary N) is 1. The average Bonchev–Trinajstić information content (AvgIpc) is 3.70. The standard InChI is InChI=1S/C37H46ClFN4O5/c1-5-47-35(46)24-12-14-26(15-13-24)48-37(42-16-8-9-17-42,43-22-36(2,3)23-43)33(44)19-25-18-29(38)31(20-30(25)39)40-34(45)28-21-41(4)32-11-7-6-10-27(28)32/h6-7,10-11,18,20-21,24,26H,5,8-9,12-17,19,22-23H2,1-4H3,(H,40,45). The van der Waals surface area contributed by atoms with Crippen molar-refractivity contribution in [2.45, 2.75) is 77.7 Å². The zero-order chi connectivity index (χ0) is 34.2. The quantitative estimate of drug-likeness (QED) is 0.229. The highest BCUT2D eigenvalue weighted by atomic mass is 35.5. The van der Waals surface area contributed by atoms with Gasteiger partial charge in [-0.3, -0.25) is 24.2 Å². The first kappa shape index (κ1) is 34.5. The Hall–Kier alpha value is -3.31. The summed E-state index contributed by atoms with van der Waals surface area (Å²) in [6, 6.07) is 10.2. The minimum atomic E-state index is -1.35. The van der Waals surface area contributed by atoms with Crippen LogP contribution < -0.4 is 5.32 Å². The second kappa shape index (κ2) is 13.9. The van der Waals surface area contributed by atoms with E-state index in [2.05, 4.69) is 29.0 Å². The van der Waals surface area contributed by atoms with Gasteiger partial charge in [0.1, 0.15) is 5.82 Å². The highest BCUT2D eigenvalue weighted by molar-refractivity contribution is 6.34. The first-order valence-corrected chi connectivity index (χ1v) is 17.5. The number of amides is 1. The van der Waals surface area contributed by atoms with Gasteiger partial charge in [-0.15, -0.1) is 0 Å². The molecule has 0 bridgehead atoms. The number of Topliss-reactive ketones (excluding diaryl/α,β-unsaturated/α-hetero) is 1. The summed E-state index contributed by atoms with van der Waals surface area (Å²) in [6.07, 6.45) is 5.69. The molecule has 0 radical (unpaired) electrons. The predicted molar refractivity (Wildman–Crippen MR) is 183 cm³/mol. The van der Waals surface area contributed by atoms with Crippen LogP contribution in [-0.4, -0.2) is 76.8 Å². The van der Waals surface area contributed by atoms with Crippen LogP contribution in [-0.2, 0) is 32.5 Å². The first-order valence-electron chi connectivity index (χ1n) is 17.1. The lowest BCUT2D eigenvalue weighted by atomic mass is 9.82. The summed E-state index contributed by atoms with van der Waals surface area (Å²) in [7, 11) is 1.86. The molecule has 1 N–H and O–H groups in total.